The third-order valence-corrected chi connectivity index (χ3v) is 5.57. The number of anilines is 2. The molecule has 5 rings (SSSR count). The molecule has 0 bridgehead atoms. The van der Waals surface area contributed by atoms with Gasteiger partial charge in [0.05, 0.1) is 27.2 Å². The van der Waals surface area contributed by atoms with Crippen molar-refractivity contribution >= 4 is 17.3 Å². The summed E-state index contributed by atoms with van der Waals surface area (Å²) in [6.45, 7) is -5.21. The lowest BCUT2D eigenvalue weighted by Gasteiger charge is -2.39. The first kappa shape index (κ1) is 12.1. The van der Waals surface area contributed by atoms with Crippen molar-refractivity contribution in [1.82, 2.24) is 4.90 Å². The second kappa shape index (κ2) is 7.09. The van der Waals surface area contributed by atoms with Gasteiger partial charge in [0.2, 0.25) is 5.91 Å². The molecule has 0 aliphatic carbocycles. The third kappa shape index (κ3) is 3.11. The smallest absolute Gasteiger partial charge is 0.243 e. The Morgan fingerprint density at radius 3 is 2.96 bits per heavy atom. The lowest BCUT2D eigenvalue weighted by atomic mass is 9.89. The van der Waals surface area contributed by atoms with E-state index in [1.807, 2.05) is 23.1 Å². The van der Waals surface area contributed by atoms with Gasteiger partial charge in [-0.05, 0) is 48.7 Å². The standard InChI is InChI=1S/C22H24FN3O2/c23-15-5-7-16(8-6-15)28-12-2-10-25-11-9-20-18(13-25)17-3-1-4-19-22(17)26(20)14-21(27)24-19/h1,3-8,18,20H,2,9-14H2,(H,24,27)/t18-,20-/m0/s1/i2D2,10D2,12D2. The van der Waals surface area contributed by atoms with E-state index >= 15 is 0 Å². The minimum atomic E-state index is -3.07. The van der Waals surface area contributed by atoms with E-state index < -0.39 is 25.2 Å². The van der Waals surface area contributed by atoms with Gasteiger partial charge >= 0.3 is 0 Å². The SMILES string of the molecule is [2H]C([2H])(Oc1ccc(F)cc1)C([2H])([2H])C([2H])([2H])N1CC[C@H]2[C@@H](C1)c1cccc3c1N2CC(=O)N3. The molecule has 0 saturated carbocycles. The Kier molecular flexibility index (Phi) is 3.06. The molecule has 2 aromatic carbocycles. The number of halogens is 1. The molecule has 1 amide bonds. The normalized spacial score (nSPS) is 27.9. The zero-order chi connectivity index (χ0) is 24.5. The molecule has 6 heteroatoms. The Labute approximate surface area is 172 Å². The molecule has 5 nitrogen and oxygen atoms in total. The van der Waals surface area contributed by atoms with Crippen LogP contribution in [-0.2, 0) is 4.79 Å². The predicted molar refractivity (Wildman–Crippen MR) is 107 cm³/mol. The molecule has 2 aromatic rings. The molecule has 3 aliphatic rings. The average molecular weight is 387 g/mol. The van der Waals surface area contributed by atoms with E-state index in [0.29, 0.717) is 6.42 Å². The molecule has 1 fully saturated rings. The van der Waals surface area contributed by atoms with Gasteiger partial charge < -0.3 is 19.9 Å². The maximum Gasteiger partial charge on any atom is 0.243 e. The molecular weight excluding hydrogens is 357 g/mol. The molecular formula is C22H24FN3O2. The molecule has 28 heavy (non-hydrogen) atoms. The number of rotatable bonds is 5. The van der Waals surface area contributed by atoms with Crippen LogP contribution in [0, 0.1) is 5.82 Å². The Hall–Kier alpha value is -2.60. The topological polar surface area (TPSA) is 44.8 Å². The number of piperidine rings is 1. The fraction of sp³-hybridized carbons (Fsp3) is 0.409. The molecule has 1 saturated heterocycles. The van der Waals surface area contributed by atoms with E-state index in [1.54, 1.807) is 0 Å². The molecule has 0 spiro atoms. The van der Waals surface area contributed by atoms with Gasteiger partial charge in [0, 0.05) is 37.0 Å². The van der Waals surface area contributed by atoms with Crippen LogP contribution in [0.2, 0.25) is 0 Å². The van der Waals surface area contributed by atoms with Crippen LogP contribution < -0.4 is 15.0 Å². The van der Waals surface area contributed by atoms with Gasteiger partial charge in [-0.15, -0.1) is 0 Å². The van der Waals surface area contributed by atoms with Gasteiger partial charge in [-0.2, -0.15) is 0 Å². The van der Waals surface area contributed by atoms with Gasteiger partial charge in [0.15, 0.2) is 0 Å². The summed E-state index contributed by atoms with van der Waals surface area (Å²) in [5, 5.41) is 2.88. The maximum atomic E-state index is 13.2. The van der Waals surface area contributed by atoms with Gasteiger partial charge in [-0.25, -0.2) is 4.39 Å². The largest absolute Gasteiger partial charge is 0.494 e. The summed E-state index contributed by atoms with van der Waals surface area (Å²) < 4.78 is 69.0. The summed E-state index contributed by atoms with van der Waals surface area (Å²) in [7, 11) is 0. The zero-order valence-electron chi connectivity index (χ0n) is 21.1. The number of benzene rings is 2. The Bertz CT molecular complexity index is 1130. The summed E-state index contributed by atoms with van der Waals surface area (Å²) in [5.41, 5.74) is 2.61. The van der Waals surface area contributed by atoms with Crippen LogP contribution >= 0.6 is 0 Å². The quantitative estimate of drug-likeness (QED) is 0.856. The number of carbonyl (C=O) groups is 1. The fourth-order valence-corrected chi connectivity index (χ4v) is 4.40. The first-order chi connectivity index (χ1) is 15.9. The lowest BCUT2D eigenvalue weighted by molar-refractivity contribution is -0.115. The minimum absolute atomic E-state index is 0.0210. The van der Waals surface area contributed by atoms with Crippen LogP contribution in [0.5, 0.6) is 5.75 Å². The number of fused-ring (bicyclic) bond motifs is 3. The molecule has 146 valence electrons. The van der Waals surface area contributed by atoms with Crippen LogP contribution in [0.3, 0.4) is 0 Å². The maximum absolute atomic E-state index is 13.2. The predicted octanol–water partition coefficient (Wildman–Crippen LogP) is 3.22. The molecule has 0 unspecified atom stereocenters. The van der Waals surface area contributed by atoms with E-state index in [-0.39, 0.29) is 43.3 Å². The van der Waals surface area contributed by atoms with Crippen LogP contribution in [0.15, 0.2) is 42.5 Å². The molecule has 0 radical (unpaired) electrons. The summed E-state index contributed by atoms with van der Waals surface area (Å²) in [5.74, 6) is -0.922. The number of carbonyl (C=O) groups excluding carboxylic acids is 1. The second-order valence-corrected chi connectivity index (χ2v) is 7.22. The Morgan fingerprint density at radius 1 is 1.25 bits per heavy atom. The van der Waals surface area contributed by atoms with Crippen LogP contribution in [0.1, 0.15) is 32.5 Å². The van der Waals surface area contributed by atoms with Crippen LogP contribution in [-0.4, -0.2) is 49.5 Å². The van der Waals surface area contributed by atoms with Crippen molar-refractivity contribution in [2.45, 2.75) is 24.8 Å². The molecule has 1 N–H and O–H groups in total. The molecule has 0 aromatic heterocycles. The number of nitrogens with zero attached hydrogens (tertiary/aromatic N) is 2. The number of hydrogen-bond donors (Lipinski definition) is 1. The summed E-state index contributed by atoms with van der Waals surface area (Å²) in [6, 6.07) is 10.0. The Morgan fingerprint density at radius 2 is 2.11 bits per heavy atom. The zero-order valence-corrected chi connectivity index (χ0v) is 15.1. The van der Waals surface area contributed by atoms with E-state index in [1.165, 1.54) is 17.0 Å². The van der Waals surface area contributed by atoms with E-state index in [2.05, 4.69) is 5.32 Å². The number of hydrogen-bond acceptors (Lipinski definition) is 4. The summed E-state index contributed by atoms with van der Waals surface area (Å²) >= 11 is 0. The van der Waals surface area contributed by atoms with Gasteiger partial charge in [0.1, 0.15) is 11.6 Å². The highest BCUT2D eigenvalue weighted by Gasteiger charge is 2.44. The van der Waals surface area contributed by atoms with E-state index in [4.69, 9.17) is 13.0 Å². The van der Waals surface area contributed by atoms with Crippen LogP contribution in [0.25, 0.3) is 0 Å². The van der Waals surface area contributed by atoms with Gasteiger partial charge in [-0.3, -0.25) is 4.79 Å². The fourth-order valence-electron chi connectivity index (χ4n) is 4.40. The summed E-state index contributed by atoms with van der Waals surface area (Å²) in [6.07, 6.45) is -2.58. The van der Waals surface area contributed by atoms with Crippen LogP contribution in [0.4, 0.5) is 15.8 Å². The molecule has 2 atom stereocenters. The number of amides is 1. The van der Waals surface area contributed by atoms with Crippen molar-refractivity contribution in [1.29, 1.82) is 0 Å². The van der Waals surface area contributed by atoms with E-state index in [0.717, 1.165) is 29.1 Å². The van der Waals surface area contributed by atoms with Crippen molar-refractivity contribution < 1.29 is 22.1 Å². The second-order valence-electron chi connectivity index (χ2n) is 7.22. The average Bonchev–Trinajstić information content (AvgIpc) is 3.09. The van der Waals surface area contributed by atoms with Gasteiger partial charge in [-0.1, -0.05) is 12.1 Å². The highest BCUT2D eigenvalue weighted by molar-refractivity contribution is 6.03. The van der Waals surface area contributed by atoms with Crippen molar-refractivity contribution in [2.75, 3.05) is 42.9 Å². The highest BCUT2D eigenvalue weighted by Crippen LogP contribution is 2.49. The number of likely N-dealkylation sites (tertiary alicyclic amines) is 1. The van der Waals surface area contributed by atoms with Crippen molar-refractivity contribution in [3.8, 4) is 5.75 Å². The molecule has 3 heterocycles. The monoisotopic (exact) mass is 387 g/mol. The first-order valence-corrected chi connectivity index (χ1v) is 9.31. The number of nitrogens with one attached hydrogen (secondary N) is 1. The van der Waals surface area contributed by atoms with Crippen molar-refractivity contribution in [3.63, 3.8) is 0 Å². The Balaban J connectivity index is 1.41. The van der Waals surface area contributed by atoms with Crippen molar-refractivity contribution in [2.24, 2.45) is 0 Å². The lowest BCUT2D eigenvalue weighted by Crippen LogP contribution is -2.49. The summed E-state index contributed by atoms with van der Waals surface area (Å²) in [4.78, 5) is 15.6. The van der Waals surface area contributed by atoms with E-state index in [9.17, 15) is 9.18 Å². The van der Waals surface area contributed by atoms with Crippen molar-refractivity contribution in [3.05, 3.63) is 53.8 Å². The number of para-hydroxylation sites is 1. The third-order valence-electron chi connectivity index (χ3n) is 5.57. The first-order valence-electron chi connectivity index (χ1n) is 12.3. The number of ether oxygens (including phenoxy) is 1. The molecule has 3 aliphatic heterocycles. The minimum Gasteiger partial charge on any atom is -0.494 e. The highest BCUT2D eigenvalue weighted by atomic mass is 19.1. The van der Waals surface area contributed by atoms with Gasteiger partial charge in [0.25, 0.3) is 0 Å².